The van der Waals surface area contributed by atoms with Gasteiger partial charge in [-0.15, -0.1) is 24.8 Å². The van der Waals surface area contributed by atoms with Crippen LogP contribution in [0.3, 0.4) is 0 Å². The zero-order valence-electron chi connectivity index (χ0n) is 14.0. The monoisotopic (exact) mass is 386 g/mol. The molecular formula is C17H24Cl2N4O2. The molecule has 8 heteroatoms. The minimum absolute atomic E-state index is 0. The lowest BCUT2D eigenvalue weighted by Gasteiger charge is -2.36. The second-order valence-electron chi connectivity index (χ2n) is 6.32. The molecule has 0 bridgehead atoms. The Hall–Kier alpha value is -1.50. The summed E-state index contributed by atoms with van der Waals surface area (Å²) in [7, 11) is 0. The van der Waals surface area contributed by atoms with Crippen LogP contribution in [0.4, 0.5) is 6.01 Å². The van der Waals surface area contributed by atoms with Crippen LogP contribution in [0.2, 0.25) is 0 Å². The first-order valence-electron chi connectivity index (χ1n) is 8.41. The van der Waals surface area contributed by atoms with Gasteiger partial charge in [0.05, 0.1) is 5.92 Å². The van der Waals surface area contributed by atoms with Gasteiger partial charge < -0.3 is 19.5 Å². The number of fused-ring (bicyclic) bond motifs is 1. The third kappa shape index (κ3) is 4.19. The number of piperazine rings is 1. The molecule has 138 valence electrons. The lowest BCUT2D eigenvalue weighted by atomic mass is 9.98. The molecule has 1 amide bonds. The fraction of sp³-hybridized carbons (Fsp3) is 0.529. The smallest absolute Gasteiger partial charge is 0.298 e. The molecule has 2 aromatic rings. The number of benzene rings is 1. The number of oxazole rings is 1. The number of nitrogens with zero attached hydrogens (tertiary/aromatic N) is 3. The van der Waals surface area contributed by atoms with Crippen molar-refractivity contribution < 1.29 is 9.21 Å². The number of anilines is 1. The number of carbonyl (C=O) groups is 1. The summed E-state index contributed by atoms with van der Waals surface area (Å²) in [6, 6.07) is 8.47. The quantitative estimate of drug-likeness (QED) is 0.857. The number of para-hydroxylation sites is 2. The molecule has 2 aliphatic rings. The third-order valence-corrected chi connectivity index (χ3v) is 4.79. The Kier molecular flexibility index (Phi) is 6.93. The number of rotatable bonds is 2. The van der Waals surface area contributed by atoms with Crippen molar-refractivity contribution in [3.8, 4) is 0 Å². The van der Waals surface area contributed by atoms with Crippen LogP contribution in [0.1, 0.15) is 12.8 Å². The number of amides is 1. The first-order valence-corrected chi connectivity index (χ1v) is 8.41. The van der Waals surface area contributed by atoms with Gasteiger partial charge in [-0.1, -0.05) is 12.1 Å². The zero-order chi connectivity index (χ0) is 15.6. The number of aromatic nitrogens is 1. The van der Waals surface area contributed by atoms with Gasteiger partial charge in [0.1, 0.15) is 5.52 Å². The van der Waals surface area contributed by atoms with Gasteiger partial charge in [-0.05, 0) is 31.5 Å². The Labute approximate surface area is 159 Å². The van der Waals surface area contributed by atoms with Crippen LogP contribution in [-0.2, 0) is 4.79 Å². The van der Waals surface area contributed by atoms with E-state index in [4.69, 9.17) is 4.42 Å². The SMILES string of the molecule is Cl.Cl.O=C(C1CCCNC1)N1CCN(c2nc3ccccc3o2)CC1. The molecule has 1 unspecified atom stereocenters. The molecule has 1 N–H and O–H groups in total. The van der Waals surface area contributed by atoms with Gasteiger partial charge in [0, 0.05) is 32.7 Å². The molecule has 6 nitrogen and oxygen atoms in total. The van der Waals surface area contributed by atoms with Crippen molar-refractivity contribution in [2.24, 2.45) is 5.92 Å². The number of hydrogen-bond donors (Lipinski definition) is 1. The topological polar surface area (TPSA) is 61.6 Å². The number of nitrogens with one attached hydrogen (secondary N) is 1. The highest BCUT2D eigenvalue weighted by molar-refractivity contribution is 5.85. The van der Waals surface area contributed by atoms with E-state index in [-0.39, 0.29) is 30.7 Å². The van der Waals surface area contributed by atoms with E-state index in [1.165, 1.54) is 0 Å². The lowest BCUT2D eigenvalue weighted by Crippen LogP contribution is -2.52. The number of carbonyl (C=O) groups excluding carboxylic acids is 1. The first kappa shape index (κ1) is 19.8. The van der Waals surface area contributed by atoms with E-state index in [2.05, 4.69) is 15.2 Å². The summed E-state index contributed by atoms with van der Waals surface area (Å²) in [5.74, 6) is 0.453. The fourth-order valence-corrected chi connectivity index (χ4v) is 3.43. The first-order chi connectivity index (χ1) is 11.3. The normalized spacial score (nSPS) is 20.7. The van der Waals surface area contributed by atoms with Gasteiger partial charge in [-0.25, -0.2) is 0 Å². The van der Waals surface area contributed by atoms with E-state index in [0.717, 1.165) is 63.2 Å². The largest absolute Gasteiger partial charge is 0.423 e. The summed E-state index contributed by atoms with van der Waals surface area (Å²) in [5, 5.41) is 3.32. The van der Waals surface area contributed by atoms with Gasteiger partial charge in [-0.3, -0.25) is 4.79 Å². The fourth-order valence-electron chi connectivity index (χ4n) is 3.43. The Morgan fingerprint density at radius 1 is 1.16 bits per heavy atom. The van der Waals surface area contributed by atoms with Crippen molar-refractivity contribution in [2.75, 3.05) is 44.2 Å². The highest BCUT2D eigenvalue weighted by atomic mass is 35.5. The van der Waals surface area contributed by atoms with E-state index in [1.807, 2.05) is 29.2 Å². The van der Waals surface area contributed by atoms with Gasteiger partial charge in [-0.2, -0.15) is 4.98 Å². The summed E-state index contributed by atoms with van der Waals surface area (Å²) < 4.78 is 5.82. The van der Waals surface area contributed by atoms with Crippen molar-refractivity contribution in [1.29, 1.82) is 0 Å². The molecule has 3 heterocycles. The molecule has 25 heavy (non-hydrogen) atoms. The maximum Gasteiger partial charge on any atom is 0.298 e. The van der Waals surface area contributed by atoms with Crippen LogP contribution in [0.25, 0.3) is 11.1 Å². The minimum Gasteiger partial charge on any atom is -0.423 e. The van der Waals surface area contributed by atoms with E-state index in [0.29, 0.717) is 11.9 Å². The molecule has 2 saturated heterocycles. The summed E-state index contributed by atoms with van der Waals surface area (Å²) in [5.41, 5.74) is 1.70. The van der Waals surface area contributed by atoms with Crippen molar-refractivity contribution in [3.05, 3.63) is 24.3 Å². The number of halogens is 2. The number of piperidine rings is 1. The Balaban J connectivity index is 0.00000113. The molecule has 1 aromatic heterocycles. The molecule has 4 rings (SSSR count). The average Bonchev–Trinajstić information content (AvgIpc) is 3.06. The minimum atomic E-state index is 0. The van der Waals surface area contributed by atoms with E-state index in [9.17, 15) is 4.79 Å². The van der Waals surface area contributed by atoms with Gasteiger partial charge in [0.25, 0.3) is 6.01 Å². The highest BCUT2D eigenvalue weighted by Gasteiger charge is 2.29. The van der Waals surface area contributed by atoms with E-state index >= 15 is 0 Å². The molecule has 0 radical (unpaired) electrons. The summed E-state index contributed by atoms with van der Waals surface area (Å²) in [6.45, 7) is 4.90. The van der Waals surface area contributed by atoms with Crippen molar-refractivity contribution in [3.63, 3.8) is 0 Å². The third-order valence-electron chi connectivity index (χ3n) is 4.79. The molecule has 0 spiro atoms. The van der Waals surface area contributed by atoms with E-state index < -0.39 is 0 Å². The van der Waals surface area contributed by atoms with Crippen molar-refractivity contribution in [2.45, 2.75) is 12.8 Å². The van der Waals surface area contributed by atoms with Gasteiger partial charge in [0.2, 0.25) is 5.91 Å². The van der Waals surface area contributed by atoms with Gasteiger partial charge >= 0.3 is 0 Å². The van der Waals surface area contributed by atoms with Crippen LogP contribution in [0.15, 0.2) is 28.7 Å². The van der Waals surface area contributed by atoms with Gasteiger partial charge in [0.15, 0.2) is 5.58 Å². The standard InChI is InChI=1S/C17H22N4O2.2ClH/c22-16(13-4-3-7-18-12-13)20-8-10-21(11-9-20)17-19-14-5-1-2-6-15(14)23-17;;/h1-2,5-6,13,18H,3-4,7-12H2;2*1H. The van der Waals surface area contributed by atoms with Crippen molar-refractivity contribution >= 4 is 47.8 Å². The van der Waals surface area contributed by atoms with Crippen molar-refractivity contribution in [1.82, 2.24) is 15.2 Å². The predicted molar refractivity (Wildman–Crippen MR) is 103 cm³/mol. The van der Waals surface area contributed by atoms with Crippen LogP contribution < -0.4 is 10.2 Å². The molecular weight excluding hydrogens is 363 g/mol. The highest BCUT2D eigenvalue weighted by Crippen LogP contribution is 2.23. The molecule has 1 aromatic carbocycles. The second kappa shape index (κ2) is 8.74. The number of hydrogen-bond acceptors (Lipinski definition) is 5. The van der Waals surface area contributed by atoms with Crippen LogP contribution >= 0.6 is 24.8 Å². The second-order valence-corrected chi connectivity index (χ2v) is 6.32. The summed E-state index contributed by atoms with van der Waals surface area (Å²) >= 11 is 0. The van der Waals surface area contributed by atoms with Crippen LogP contribution in [0.5, 0.6) is 0 Å². The Morgan fingerprint density at radius 3 is 2.60 bits per heavy atom. The molecule has 2 aliphatic heterocycles. The lowest BCUT2D eigenvalue weighted by molar-refractivity contribution is -0.136. The maximum atomic E-state index is 12.6. The maximum absolute atomic E-state index is 12.6. The summed E-state index contributed by atoms with van der Waals surface area (Å²) in [6.07, 6.45) is 2.11. The molecule has 0 saturated carbocycles. The van der Waals surface area contributed by atoms with Crippen LogP contribution in [0, 0.1) is 5.92 Å². The molecule has 1 atom stereocenters. The predicted octanol–water partition coefficient (Wildman–Crippen LogP) is 2.32. The Bertz CT molecular complexity index is 662. The summed E-state index contributed by atoms with van der Waals surface area (Å²) in [4.78, 5) is 21.2. The molecule has 0 aliphatic carbocycles. The van der Waals surface area contributed by atoms with E-state index in [1.54, 1.807) is 0 Å². The Morgan fingerprint density at radius 2 is 1.92 bits per heavy atom. The zero-order valence-corrected chi connectivity index (χ0v) is 15.7. The average molecular weight is 387 g/mol. The van der Waals surface area contributed by atoms with Crippen LogP contribution in [-0.4, -0.2) is 55.1 Å². The molecule has 2 fully saturated rings.